The van der Waals surface area contributed by atoms with Gasteiger partial charge in [-0.05, 0) is 30.7 Å². The van der Waals surface area contributed by atoms with Crippen molar-refractivity contribution in [1.82, 2.24) is 19.9 Å². The molecule has 1 fully saturated rings. The fourth-order valence-corrected chi connectivity index (χ4v) is 4.76. The topological polar surface area (TPSA) is 118 Å². The maximum absolute atomic E-state index is 14.5. The molecule has 2 aromatic heterocycles. The number of aromatic nitrogens is 3. The number of fused-ring (bicyclic) bond motifs is 2. The molecule has 0 spiro atoms. The fraction of sp³-hybridized carbons (Fsp3) is 0.455. The van der Waals surface area contributed by atoms with Gasteiger partial charge in [0.2, 0.25) is 0 Å². The van der Waals surface area contributed by atoms with Crippen molar-refractivity contribution >= 4 is 16.9 Å². The van der Waals surface area contributed by atoms with Gasteiger partial charge in [-0.1, -0.05) is 0 Å². The van der Waals surface area contributed by atoms with E-state index < -0.39 is 36.1 Å². The molecule has 5 rings (SSSR count). The van der Waals surface area contributed by atoms with Crippen LogP contribution in [0.2, 0.25) is 0 Å². The lowest BCUT2D eigenvalue weighted by atomic mass is 9.95. The summed E-state index contributed by atoms with van der Waals surface area (Å²) in [6.45, 7) is 1.93. The van der Waals surface area contributed by atoms with Crippen LogP contribution in [-0.4, -0.2) is 49.6 Å². The largest absolute Gasteiger partial charge is 0.487 e. The van der Waals surface area contributed by atoms with Crippen molar-refractivity contribution in [3.63, 3.8) is 0 Å². The van der Waals surface area contributed by atoms with Crippen LogP contribution < -0.4 is 15.8 Å². The Hall–Kier alpha value is -2.89. The molecule has 1 unspecified atom stereocenters. The summed E-state index contributed by atoms with van der Waals surface area (Å²) in [5.74, 6) is -3.50. The number of alkyl halides is 2. The molecule has 3 heterocycles. The number of nitrogens with one attached hydrogen (secondary N) is 1. The number of aliphatic hydroxyl groups is 2. The molecule has 1 aliphatic carbocycles. The van der Waals surface area contributed by atoms with Gasteiger partial charge >= 0.3 is 0 Å². The molecule has 176 valence electrons. The van der Waals surface area contributed by atoms with Crippen molar-refractivity contribution in [2.24, 2.45) is 0 Å². The number of nitrogens with zero attached hydrogens (tertiary/aromatic N) is 3. The Bertz CT molecular complexity index is 1210. The molecule has 5 N–H and O–H groups in total. The lowest BCUT2D eigenvalue weighted by Crippen LogP contribution is -2.35. The molecule has 1 aromatic carbocycles. The first-order valence-corrected chi connectivity index (χ1v) is 10.7. The third kappa shape index (κ3) is 3.69. The zero-order chi connectivity index (χ0) is 23.5. The molecule has 33 heavy (non-hydrogen) atoms. The highest BCUT2D eigenvalue weighted by molar-refractivity contribution is 5.86. The van der Waals surface area contributed by atoms with Crippen LogP contribution in [0.1, 0.15) is 36.1 Å². The van der Waals surface area contributed by atoms with Gasteiger partial charge in [0.25, 0.3) is 5.92 Å². The summed E-state index contributed by atoms with van der Waals surface area (Å²) in [6, 6.07) is 2.01. The van der Waals surface area contributed by atoms with E-state index in [0.717, 1.165) is 24.2 Å². The number of hydrogen-bond acceptors (Lipinski definition) is 7. The molecule has 1 aliphatic heterocycles. The molecule has 11 heteroatoms. The van der Waals surface area contributed by atoms with Gasteiger partial charge in [-0.3, -0.25) is 0 Å². The predicted octanol–water partition coefficient (Wildman–Crippen LogP) is 2.02. The van der Waals surface area contributed by atoms with E-state index in [0.29, 0.717) is 19.5 Å². The first kappa shape index (κ1) is 21.9. The van der Waals surface area contributed by atoms with Gasteiger partial charge in [-0.15, -0.1) is 0 Å². The first-order chi connectivity index (χ1) is 15.6. The smallest absolute Gasteiger partial charge is 0.270 e. The van der Waals surface area contributed by atoms with E-state index in [9.17, 15) is 23.4 Å². The van der Waals surface area contributed by atoms with Crippen molar-refractivity contribution < 1.29 is 28.1 Å². The Balaban J connectivity index is 1.49. The molecule has 0 amide bonds. The van der Waals surface area contributed by atoms with E-state index >= 15 is 0 Å². The molecule has 0 bridgehead atoms. The lowest BCUT2D eigenvalue weighted by Gasteiger charge is -2.26. The zero-order valence-electron chi connectivity index (χ0n) is 17.8. The van der Waals surface area contributed by atoms with Crippen LogP contribution in [0, 0.1) is 5.82 Å². The zero-order valence-corrected chi connectivity index (χ0v) is 17.8. The molecule has 1 saturated carbocycles. The minimum absolute atomic E-state index is 0.0292. The number of ether oxygens (including phenoxy) is 1. The number of aliphatic hydroxyl groups excluding tert-OH is 2. The highest BCUT2D eigenvalue weighted by atomic mass is 19.3. The van der Waals surface area contributed by atoms with Crippen LogP contribution in [0.5, 0.6) is 5.75 Å². The second-order valence-corrected chi connectivity index (χ2v) is 8.71. The lowest BCUT2D eigenvalue weighted by molar-refractivity contribution is -0.0171. The third-order valence-electron chi connectivity index (χ3n) is 6.51. The summed E-state index contributed by atoms with van der Waals surface area (Å²) in [5.41, 5.74) is 7.29. The normalized spacial score (nSPS) is 25.4. The van der Waals surface area contributed by atoms with Crippen LogP contribution in [-0.2, 0) is 18.9 Å². The van der Waals surface area contributed by atoms with Crippen molar-refractivity contribution in [2.75, 3.05) is 12.3 Å². The van der Waals surface area contributed by atoms with Gasteiger partial charge in [-0.2, -0.15) is 0 Å². The number of nitrogens with two attached hydrogens (primary N) is 1. The van der Waals surface area contributed by atoms with Crippen molar-refractivity contribution in [2.45, 2.75) is 56.6 Å². The first-order valence-electron chi connectivity index (χ1n) is 10.7. The number of nitrogen functional groups attached to an aromatic ring is 1. The molecule has 2 aliphatic rings. The molecular weight excluding hydrogens is 439 g/mol. The van der Waals surface area contributed by atoms with Crippen LogP contribution in [0.4, 0.5) is 19.0 Å². The maximum Gasteiger partial charge on any atom is 0.270 e. The highest BCUT2D eigenvalue weighted by Gasteiger charge is 2.45. The summed E-state index contributed by atoms with van der Waals surface area (Å²) in [7, 11) is 0. The minimum Gasteiger partial charge on any atom is -0.487 e. The summed E-state index contributed by atoms with van der Waals surface area (Å²) >= 11 is 0. The van der Waals surface area contributed by atoms with E-state index in [-0.39, 0.29) is 34.6 Å². The van der Waals surface area contributed by atoms with Gasteiger partial charge in [0.1, 0.15) is 41.9 Å². The van der Waals surface area contributed by atoms with E-state index in [1.807, 2.05) is 0 Å². The maximum atomic E-state index is 14.5. The van der Waals surface area contributed by atoms with Gasteiger partial charge in [-0.25, -0.2) is 23.1 Å². The van der Waals surface area contributed by atoms with Crippen LogP contribution >= 0.6 is 0 Å². The SMILES string of the molecule is CC(F)(F)c1cc2c(c(OC3C[C@@H](n4cc(F)c5c(N)ncnc54)[C@H](O)[C@@H]3O)c1)CNCC2. The number of rotatable bonds is 4. The van der Waals surface area contributed by atoms with Crippen molar-refractivity contribution in [3.05, 3.63) is 47.2 Å². The number of hydrogen-bond donors (Lipinski definition) is 4. The van der Waals surface area contributed by atoms with Crippen molar-refractivity contribution in [3.8, 4) is 5.75 Å². The molecule has 0 saturated heterocycles. The number of anilines is 1. The summed E-state index contributed by atoms with van der Waals surface area (Å²) < 4.78 is 50.2. The fourth-order valence-electron chi connectivity index (χ4n) is 4.76. The van der Waals surface area contributed by atoms with E-state index in [1.54, 1.807) is 0 Å². The Labute approximate surface area is 187 Å². The van der Waals surface area contributed by atoms with Crippen molar-refractivity contribution in [1.29, 1.82) is 0 Å². The summed E-state index contributed by atoms with van der Waals surface area (Å²) in [4.78, 5) is 7.87. The highest BCUT2D eigenvalue weighted by Crippen LogP contribution is 2.40. The van der Waals surface area contributed by atoms with E-state index in [2.05, 4.69) is 15.3 Å². The molecular formula is C22H24F3N5O3. The van der Waals surface area contributed by atoms with Crippen LogP contribution in [0.25, 0.3) is 11.0 Å². The average molecular weight is 463 g/mol. The van der Waals surface area contributed by atoms with E-state index in [4.69, 9.17) is 10.5 Å². The second kappa shape index (κ2) is 7.86. The molecule has 4 atom stereocenters. The Kier molecular flexibility index (Phi) is 5.22. The summed E-state index contributed by atoms with van der Waals surface area (Å²) in [5, 5.41) is 24.7. The number of halogens is 3. The van der Waals surface area contributed by atoms with Crippen LogP contribution in [0.3, 0.4) is 0 Å². The van der Waals surface area contributed by atoms with E-state index in [1.165, 1.54) is 23.0 Å². The Morgan fingerprint density at radius 1 is 1.24 bits per heavy atom. The molecule has 0 radical (unpaired) electrons. The van der Waals surface area contributed by atoms with Gasteiger partial charge in [0, 0.05) is 37.2 Å². The Morgan fingerprint density at radius 3 is 2.79 bits per heavy atom. The standard InChI is InChI=1S/C22H24F3N5O3/c1-22(24,25)11-4-10-2-3-27-7-12(10)15(5-11)33-16-6-14(18(31)19(16)32)30-8-13(23)17-20(26)28-9-29-21(17)30/h4-5,8-9,14,16,18-19,27,31-32H,2-3,6-7H2,1H3,(H2,26,28,29)/t14-,16?,18+,19-/m1/s1. The molecule has 3 aromatic rings. The monoisotopic (exact) mass is 463 g/mol. The second-order valence-electron chi connectivity index (χ2n) is 8.71. The number of benzene rings is 1. The third-order valence-corrected chi connectivity index (χ3v) is 6.51. The van der Waals surface area contributed by atoms with Gasteiger partial charge < -0.3 is 30.6 Å². The average Bonchev–Trinajstić information content (AvgIpc) is 3.25. The Morgan fingerprint density at radius 2 is 2.03 bits per heavy atom. The van der Waals surface area contributed by atoms with Gasteiger partial charge in [0.05, 0.1) is 11.4 Å². The predicted molar refractivity (Wildman–Crippen MR) is 113 cm³/mol. The minimum atomic E-state index is -3.06. The quantitative estimate of drug-likeness (QED) is 0.468. The molecule has 8 nitrogen and oxygen atoms in total. The van der Waals surface area contributed by atoms with Gasteiger partial charge in [0.15, 0.2) is 5.82 Å². The summed E-state index contributed by atoms with van der Waals surface area (Å²) in [6.07, 6.45) is -0.512. The van der Waals surface area contributed by atoms with Crippen LogP contribution in [0.15, 0.2) is 24.7 Å².